The van der Waals surface area contributed by atoms with E-state index in [9.17, 15) is 0 Å². The summed E-state index contributed by atoms with van der Waals surface area (Å²) < 4.78 is 1.86. The molecule has 0 fully saturated rings. The number of rotatable bonds is 4. The summed E-state index contributed by atoms with van der Waals surface area (Å²) in [5.74, 6) is 1.07. The van der Waals surface area contributed by atoms with Gasteiger partial charge in [-0.3, -0.25) is 4.68 Å². The molecule has 0 aromatic carbocycles. The molecular formula is C11H16N6. The van der Waals surface area contributed by atoms with E-state index in [0.717, 1.165) is 12.4 Å². The highest BCUT2D eigenvalue weighted by atomic mass is 15.3. The molecule has 2 rings (SSSR count). The summed E-state index contributed by atoms with van der Waals surface area (Å²) in [5, 5.41) is 7.38. The molecule has 2 heterocycles. The molecule has 0 aliphatic carbocycles. The lowest BCUT2D eigenvalue weighted by Gasteiger charge is -2.15. The number of hydrogen-bond acceptors (Lipinski definition) is 5. The van der Waals surface area contributed by atoms with Crippen LogP contribution in [0.25, 0.3) is 0 Å². The van der Waals surface area contributed by atoms with Crippen LogP contribution in [-0.2, 0) is 6.54 Å². The second kappa shape index (κ2) is 4.73. The first-order valence-electron chi connectivity index (χ1n) is 5.41. The Morgan fingerprint density at radius 3 is 2.88 bits per heavy atom. The normalized spacial score (nSPS) is 12.3. The Hall–Kier alpha value is -2.24. The maximum absolute atomic E-state index is 5.64. The number of nitrogens with one attached hydrogen (secondary N) is 1. The van der Waals surface area contributed by atoms with Gasteiger partial charge in [0.2, 0.25) is 0 Å². The summed E-state index contributed by atoms with van der Waals surface area (Å²) in [6.07, 6.45) is 3.68. The molecule has 0 aliphatic rings. The third-order valence-electron chi connectivity index (χ3n) is 2.37. The molecule has 0 spiro atoms. The monoisotopic (exact) mass is 232 g/mol. The number of hydrogen-bond donors (Lipinski definition) is 3. The lowest BCUT2D eigenvalue weighted by molar-refractivity contribution is 0.560. The highest BCUT2D eigenvalue weighted by molar-refractivity contribution is 5.61. The summed E-state index contributed by atoms with van der Waals surface area (Å²) in [5.41, 5.74) is 11.7. The lowest BCUT2D eigenvalue weighted by atomic mass is 10.3. The minimum atomic E-state index is 0.199. The van der Waals surface area contributed by atoms with E-state index >= 15 is 0 Å². The third-order valence-corrected chi connectivity index (χ3v) is 2.37. The average molecular weight is 232 g/mol. The van der Waals surface area contributed by atoms with Gasteiger partial charge in [-0.15, -0.1) is 0 Å². The lowest BCUT2D eigenvalue weighted by Crippen LogP contribution is -2.23. The van der Waals surface area contributed by atoms with Gasteiger partial charge in [-0.1, -0.05) is 0 Å². The van der Waals surface area contributed by atoms with Crippen molar-refractivity contribution in [2.75, 3.05) is 16.8 Å². The van der Waals surface area contributed by atoms with Crippen molar-refractivity contribution < 1.29 is 0 Å². The number of pyridine rings is 1. The number of nitrogen functional groups attached to an aromatic ring is 2. The molecule has 2 aromatic heterocycles. The Morgan fingerprint density at radius 2 is 2.24 bits per heavy atom. The Balaban J connectivity index is 1.98. The molecule has 17 heavy (non-hydrogen) atoms. The Kier molecular flexibility index (Phi) is 3.13. The van der Waals surface area contributed by atoms with Crippen LogP contribution in [0.15, 0.2) is 30.6 Å². The topological polar surface area (TPSA) is 94.8 Å². The quantitative estimate of drug-likeness (QED) is 0.729. The zero-order valence-electron chi connectivity index (χ0n) is 9.67. The van der Waals surface area contributed by atoms with Crippen molar-refractivity contribution in [3.8, 4) is 0 Å². The predicted molar refractivity (Wildman–Crippen MR) is 68.4 cm³/mol. The van der Waals surface area contributed by atoms with Crippen LogP contribution in [0.2, 0.25) is 0 Å². The summed E-state index contributed by atoms with van der Waals surface area (Å²) in [7, 11) is 0. The van der Waals surface area contributed by atoms with E-state index in [-0.39, 0.29) is 6.04 Å². The minimum Gasteiger partial charge on any atom is -0.396 e. The van der Waals surface area contributed by atoms with Gasteiger partial charge < -0.3 is 16.8 Å². The van der Waals surface area contributed by atoms with E-state index in [4.69, 9.17) is 11.5 Å². The van der Waals surface area contributed by atoms with Crippen molar-refractivity contribution in [1.29, 1.82) is 0 Å². The zero-order chi connectivity index (χ0) is 12.3. The number of anilines is 3. The zero-order valence-corrected chi connectivity index (χ0v) is 9.67. The molecule has 1 atom stereocenters. The van der Waals surface area contributed by atoms with Crippen LogP contribution in [0.3, 0.4) is 0 Å². The van der Waals surface area contributed by atoms with Gasteiger partial charge in [0.1, 0.15) is 11.6 Å². The average Bonchev–Trinajstić information content (AvgIpc) is 2.76. The maximum Gasteiger partial charge on any atom is 0.149 e. The fourth-order valence-corrected chi connectivity index (χ4v) is 1.55. The summed E-state index contributed by atoms with van der Waals surface area (Å²) >= 11 is 0. The van der Waals surface area contributed by atoms with Crippen molar-refractivity contribution in [1.82, 2.24) is 14.8 Å². The fourth-order valence-electron chi connectivity index (χ4n) is 1.55. The van der Waals surface area contributed by atoms with Gasteiger partial charge >= 0.3 is 0 Å². The second-order valence-electron chi connectivity index (χ2n) is 3.94. The first-order valence-corrected chi connectivity index (χ1v) is 5.41. The van der Waals surface area contributed by atoms with E-state index in [1.807, 2.05) is 23.0 Å². The van der Waals surface area contributed by atoms with Crippen molar-refractivity contribution in [2.24, 2.45) is 0 Å². The molecule has 0 saturated heterocycles. The van der Waals surface area contributed by atoms with Gasteiger partial charge in [0.05, 0.1) is 12.2 Å². The highest BCUT2D eigenvalue weighted by Gasteiger charge is 2.05. The van der Waals surface area contributed by atoms with E-state index in [2.05, 4.69) is 22.3 Å². The molecule has 0 saturated carbocycles. The summed E-state index contributed by atoms with van der Waals surface area (Å²) in [4.78, 5) is 4.15. The highest BCUT2D eigenvalue weighted by Crippen LogP contribution is 2.15. The molecule has 0 bridgehead atoms. The van der Waals surface area contributed by atoms with E-state index in [1.165, 1.54) is 0 Å². The second-order valence-corrected chi connectivity index (χ2v) is 3.94. The third kappa shape index (κ3) is 2.87. The molecular weight excluding hydrogens is 216 g/mol. The van der Waals surface area contributed by atoms with E-state index < -0.39 is 0 Å². The number of nitrogens with zero attached hydrogens (tertiary/aromatic N) is 3. The van der Waals surface area contributed by atoms with Gasteiger partial charge in [-0.2, -0.15) is 5.10 Å². The van der Waals surface area contributed by atoms with Gasteiger partial charge in [0.25, 0.3) is 0 Å². The maximum atomic E-state index is 5.64. The van der Waals surface area contributed by atoms with Gasteiger partial charge in [0.15, 0.2) is 0 Å². The molecule has 0 radical (unpaired) electrons. The largest absolute Gasteiger partial charge is 0.396 e. The summed E-state index contributed by atoms with van der Waals surface area (Å²) in [6, 6.07) is 5.65. The number of nitrogens with two attached hydrogens (primary N) is 2. The van der Waals surface area contributed by atoms with Gasteiger partial charge in [-0.05, 0) is 25.1 Å². The van der Waals surface area contributed by atoms with Crippen LogP contribution in [-0.4, -0.2) is 20.8 Å². The van der Waals surface area contributed by atoms with Crippen LogP contribution < -0.4 is 16.8 Å². The van der Waals surface area contributed by atoms with Crippen molar-refractivity contribution in [3.63, 3.8) is 0 Å². The Morgan fingerprint density at radius 1 is 1.41 bits per heavy atom. The molecule has 6 heteroatoms. The molecule has 2 aromatic rings. The molecule has 0 amide bonds. The van der Waals surface area contributed by atoms with Crippen molar-refractivity contribution >= 4 is 17.3 Å². The molecule has 0 aliphatic heterocycles. The molecule has 6 nitrogen and oxygen atoms in total. The smallest absolute Gasteiger partial charge is 0.149 e. The van der Waals surface area contributed by atoms with Gasteiger partial charge in [0, 0.05) is 18.4 Å². The SMILES string of the molecule is CC(Cn1cccn1)Nc1ccc(N)c(N)n1. The van der Waals surface area contributed by atoms with Gasteiger partial charge in [-0.25, -0.2) is 4.98 Å². The van der Waals surface area contributed by atoms with Crippen molar-refractivity contribution in [2.45, 2.75) is 19.5 Å². The minimum absolute atomic E-state index is 0.199. The van der Waals surface area contributed by atoms with Crippen LogP contribution in [0.1, 0.15) is 6.92 Å². The molecule has 5 N–H and O–H groups in total. The standard InChI is InChI=1S/C11H16N6/c1-8(7-17-6-2-5-14-17)15-10-4-3-9(12)11(13)16-10/h2-6,8H,7,12H2,1H3,(H3,13,15,16). The molecule has 1 unspecified atom stereocenters. The number of aromatic nitrogens is 3. The van der Waals surface area contributed by atoms with Crippen molar-refractivity contribution in [3.05, 3.63) is 30.6 Å². The first-order chi connectivity index (χ1) is 8.15. The molecule has 90 valence electrons. The van der Waals surface area contributed by atoms with Crippen LogP contribution in [0.5, 0.6) is 0 Å². The first kappa shape index (κ1) is 11.3. The van der Waals surface area contributed by atoms with E-state index in [0.29, 0.717) is 11.5 Å². The van der Waals surface area contributed by atoms with E-state index in [1.54, 1.807) is 12.3 Å². The fraction of sp³-hybridized carbons (Fsp3) is 0.273. The van der Waals surface area contributed by atoms with Crippen LogP contribution >= 0.6 is 0 Å². The summed E-state index contributed by atoms with van der Waals surface area (Å²) in [6.45, 7) is 2.81. The Bertz CT molecular complexity index is 479. The van der Waals surface area contributed by atoms with Crippen LogP contribution in [0, 0.1) is 0 Å². The van der Waals surface area contributed by atoms with Crippen LogP contribution in [0.4, 0.5) is 17.3 Å². The predicted octanol–water partition coefficient (Wildman–Crippen LogP) is 0.943. The Labute approximate surface area is 99.6 Å².